The van der Waals surface area contributed by atoms with Crippen LogP contribution in [-0.4, -0.2) is 22.9 Å². The summed E-state index contributed by atoms with van der Waals surface area (Å²) in [6.45, 7) is 6.00. The summed E-state index contributed by atoms with van der Waals surface area (Å²) in [5.74, 6) is -0.308. The number of aryl methyl sites for hydroxylation is 1. The van der Waals surface area contributed by atoms with Crippen LogP contribution in [0.2, 0.25) is 0 Å². The largest absolute Gasteiger partial charge is 0.394 e. The monoisotopic (exact) mass is 358 g/mol. The number of carbonyl (C=O) groups excluding carboxylic acids is 1. The van der Waals surface area contributed by atoms with Crippen LogP contribution in [0.25, 0.3) is 0 Å². The summed E-state index contributed by atoms with van der Waals surface area (Å²) in [6, 6.07) is 5.43. The first-order valence-corrected chi connectivity index (χ1v) is 8.85. The third-order valence-electron chi connectivity index (χ3n) is 4.83. The van der Waals surface area contributed by atoms with Crippen molar-refractivity contribution in [2.24, 2.45) is 5.41 Å². The van der Waals surface area contributed by atoms with Gasteiger partial charge in [-0.1, -0.05) is 19.9 Å². The van der Waals surface area contributed by atoms with E-state index in [-0.39, 0.29) is 25.2 Å². The van der Waals surface area contributed by atoms with Gasteiger partial charge in [0.05, 0.1) is 16.7 Å². The zero-order valence-electron chi connectivity index (χ0n) is 13.9. The molecule has 3 fully saturated rings. The van der Waals surface area contributed by atoms with Crippen LogP contribution in [0.4, 0.5) is 18.9 Å². The van der Waals surface area contributed by atoms with Gasteiger partial charge in [-0.15, -0.1) is 0 Å². The van der Waals surface area contributed by atoms with Gasteiger partial charge in [0.25, 0.3) is 5.91 Å². The molecule has 0 atom stereocenters. The molecule has 2 N–H and O–H groups in total. The summed E-state index contributed by atoms with van der Waals surface area (Å²) < 4.78 is 41.9. The van der Waals surface area contributed by atoms with Crippen LogP contribution >= 0.6 is 11.9 Å². The molecule has 24 heavy (non-hydrogen) atoms. The molecule has 0 radical (unpaired) electrons. The standard InChI is InChI=1S/C17H21F3N2OS/c1-10(2)24-22-13-6-11(3)4-5-12(13)14(23)21-16-7-15(8-16,9-16)17(18,19)20/h4-6,10,22H,7-9H2,1-3H3,(H,21,23). The molecule has 0 unspecified atom stereocenters. The Morgan fingerprint density at radius 1 is 1.25 bits per heavy atom. The van der Waals surface area contributed by atoms with Crippen molar-refractivity contribution in [3.63, 3.8) is 0 Å². The fourth-order valence-electron chi connectivity index (χ4n) is 3.65. The first-order chi connectivity index (χ1) is 11.1. The van der Waals surface area contributed by atoms with E-state index in [9.17, 15) is 18.0 Å². The maximum atomic E-state index is 12.9. The number of hydrogen-bond acceptors (Lipinski definition) is 3. The number of carbonyl (C=O) groups is 1. The third-order valence-corrected chi connectivity index (χ3v) is 5.64. The van der Waals surface area contributed by atoms with Gasteiger partial charge < -0.3 is 10.0 Å². The maximum Gasteiger partial charge on any atom is 0.394 e. The van der Waals surface area contributed by atoms with Crippen molar-refractivity contribution < 1.29 is 18.0 Å². The van der Waals surface area contributed by atoms with Gasteiger partial charge in [-0.2, -0.15) is 13.2 Å². The van der Waals surface area contributed by atoms with Crippen LogP contribution < -0.4 is 10.0 Å². The summed E-state index contributed by atoms with van der Waals surface area (Å²) in [6.07, 6.45) is -4.15. The van der Waals surface area contributed by atoms with Crippen molar-refractivity contribution >= 4 is 23.5 Å². The van der Waals surface area contributed by atoms with Gasteiger partial charge in [0.1, 0.15) is 0 Å². The molecule has 3 aliphatic rings. The highest BCUT2D eigenvalue weighted by Crippen LogP contribution is 2.73. The molecule has 3 nitrogen and oxygen atoms in total. The number of nitrogens with one attached hydrogen (secondary N) is 2. The van der Waals surface area contributed by atoms with Crippen molar-refractivity contribution in [1.82, 2.24) is 5.32 Å². The Kier molecular flexibility index (Phi) is 4.06. The maximum absolute atomic E-state index is 12.9. The number of alkyl halides is 3. The van der Waals surface area contributed by atoms with E-state index in [4.69, 9.17) is 0 Å². The summed E-state index contributed by atoms with van der Waals surface area (Å²) in [5, 5.41) is 3.17. The molecule has 0 aliphatic heterocycles. The molecule has 3 aliphatic carbocycles. The minimum absolute atomic E-state index is 0.00457. The van der Waals surface area contributed by atoms with Crippen molar-refractivity contribution in [3.05, 3.63) is 29.3 Å². The highest BCUT2D eigenvalue weighted by atomic mass is 32.2. The number of anilines is 1. The van der Waals surface area contributed by atoms with E-state index in [1.54, 1.807) is 6.07 Å². The summed E-state index contributed by atoms with van der Waals surface area (Å²) in [4.78, 5) is 12.6. The lowest BCUT2D eigenvalue weighted by atomic mass is 9.39. The minimum Gasteiger partial charge on any atom is -0.346 e. The van der Waals surface area contributed by atoms with Gasteiger partial charge in [0.15, 0.2) is 0 Å². The SMILES string of the molecule is Cc1ccc(C(=O)NC23CC(C(F)(F)F)(C2)C3)c(NSC(C)C)c1. The fraction of sp³-hybridized carbons (Fsp3) is 0.588. The molecule has 2 bridgehead atoms. The number of rotatable bonds is 5. The summed E-state index contributed by atoms with van der Waals surface area (Å²) in [5.41, 5.74) is -0.0370. The zero-order chi connectivity index (χ0) is 17.8. The number of amides is 1. The lowest BCUT2D eigenvalue weighted by Gasteiger charge is -2.70. The second-order valence-electron chi connectivity index (χ2n) is 7.36. The first-order valence-electron chi connectivity index (χ1n) is 7.97. The predicted octanol–water partition coefficient (Wildman–Crippen LogP) is 4.68. The molecule has 0 saturated heterocycles. The molecule has 3 saturated carbocycles. The topological polar surface area (TPSA) is 41.1 Å². The van der Waals surface area contributed by atoms with Gasteiger partial charge in [0.2, 0.25) is 0 Å². The first kappa shape index (κ1) is 17.5. The number of benzene rings is 1. The van der Waals surface area contributed by atoms with E-state index >= 15 is 0 Å². The van der Waals surface area contributed by atoms with E-state index in [2.05, 4.69) is 10.0 Å². The van der Waals surface area contributed by atoms with Crippen LogP contribution in [0.15, 0.2) is 18.2 Å². The Bertz CT molecular complexity index is 653. The molecule has 132 valence electrons. The molecule has 1 aromatic carbocycles. The molecular formula is C17H21F3N2OS. The lowest BCUT2D eigenvalue weighted by Crippen LogP contribution is -2.78. The fourth-order valence-corrected chi connectivity index (χ4v) is 4.18. The van der Waals surface area contributed by atoms with Gasteiger partial charge >= 0.3 is 6.18 Å². The second kappa shape index (κ2) is 5.58. The number of hydrogen-bond donors (Lipinski definition) is 2. The molecular weight excluding hydrogens is 337 g/mol. The van der Waals surface area contributed by atoms with E-state index < -0.39 is 17.1 Å². The van der Waals surface area contributed by atoms with Crippen molar-refractivity contribution in [2.75, 3.05) is 4.72 Å². The highest BCUT2D eigenvalue weighted by Gasteiger charge is 2.79. The Balaban J connectivity index is 1.69. The summed E-state index contributed by atoms with van der Waals surface area (Å²) >= 11 is 1.50. The lowest BCUT2D eigenvalue weighted by molar-refractivity contribution is -0.336. The molecule has 7 heteroatoms. The Labute approximate surface area is 143 Å². The van der Waals surface area contributed by atoms with Crippen molar-refractivity contribution in [2.45, 2.75) is 57.0 Å². The normalized spacial score (nSPS) is 28.1. The number of halogens is 3. The molecule has 1 amide bonds. The van der Waals surface area contributed by atoms with Crippen molar-refractivity contribution in [1.29, 1.82) is 0 Å². The van der Waals surface area contributed by atoms with E-state index in [0.29, 0.717) is 16.5 Å². The van der Waals surface area contributed by atoms with Crippen LogP contribution in [-0.2, 0) is 0 Å². The second-order valence-corrected chi connectivity index (χ2v) is 8.74. The Hall–Kier alpha value is -1.37. The molecule has 0 spiro atoms. The molecule has 1 aromatic rings. The Morgan fingerprint density at radius 2 is 1.88 bits per heavy atom. The molecule has 0 aromatic heterocycles. The van der Waals surface area contributed by atoms with Crippen LogP contribution in [0.1, 0.15) is 49.0 Å². The van der Waals surface area contributed by atoms with Crippen LogP contribution in [0.5, 0.6) is 0 Å². The van der Waals surface area contributed by atoms with Crippen molar-refractivity contribution in [3.8, 4) is 0 Å². The average Bonchev–Trinajstić information content (AvgIpc) is 2.37. The highest BCUT2D eigenvalue weighted by molar-refractivity contribution is 8.01. The van der Waals surface area contributed by atoms with Gasteiger partial charge in [0, 0.05) is 10.8 Å². The van der Waals surface area contributed by atoms with E-state index in [1.165, 1.54) is 11.9 Å². The molecule has 0 heterocycles. The van der Waals surface area contributed by atoms with Gasteiger partial charge in [-0.25, -0.2) is 0 Å². The Morgan fingerprint density at radius 3 is 2.42 bits per heavy atom. The van der Waals surface area contributed by atoms with E-state index in [0.717, 1.165) is 5.56 Å². The quantitative estimate of drug-likeness (QED) is 0.751. The van der Waals surface area contributed by atoms with Gasteiger partial charge in [-0.05, 0) is 55.8 Å². The van der Waals surface area contributed by atoms with Gasteiger partial charge in [-0.3, -0.25) is 4.79 Å². The minimum atomic E-state index is -4.16. The predicted molar refractivity (Wildman–Crippen MR) is 90.1 cm³/mol. The third kappa shape index (κ3) is 2.87. The zero-order valence-corrected chi connectivity index (χ0v) is 14.7. The average molecular weight is 358 g/mol. The smallest absolute Gasteiger partial charge is 0.346 e. The summed E-state index contributed by atoms with van der Waals surface area (Å²) in [7, 11) is 0. The van der Waals surface area contributed by atoms with Crippen LogP contribution in [0, 0.1) is 12.3 Å². The van der Waals surface area contributed by atoms with Crippen LogP contribution in [0.3, 0.4) is 0 Å². The van der Waals surface area contributed by atoms with E-state index in [1.807, 2.05) is 32.9 Å². The molecule has 4 rings (SSSR count).